The van der Waals surface area contributed by atoms with Crippen molar-refractivity contribution in [1.82, 2.24) is 4.98 Å². The molecule has 1 aromatic heterocycles. The Hall–Kier alpha value is -1.69. The van der Waals surface area contributed by atoms with Crippen molar-refractivity contribution in [3.05, 3.63) is 28.6 Å². The minimum absolute atomic E-state index is 0.0524. The number of piperidine rings is 1. The maximum absolute atomic E-state index is 10.9. The molecular weight excluding hydrogens is 208 g/mol. The highest BCUT2D eigenvalue weighted by Crippen LogP contribution is 2.28. The summed E-state index contributed by atoms with van der Waals surface area (Å²) in [7, 11) is 0. The summed E-state index contributed by atoms with van der Waals surface area (Å²) in [5, 5.41) is 10.9. The second kappa shape index (κ2) is 4.44. The van der Waals surface area contributed by atoms with E-state index in [1.807, 2.05) is 4.90 Å². The topological polar surface area (TPSA) is 85.3 Å². The molecule has 16 heavy (non-hydrogen) atoms. The van der Waals surface area contributed by atoms with Crippen molar-refractivity contribution < 1.29 is 4.92 Å². The normalized spacial score (nSPS) is 20.8. The Morgan fingerprint density at radius 2 is 2.44 bits per heavy atom. The van der Waals surface area contributed by atoms with Crippen LogP contribution in [0, 0.1) is 10.1 Å². The first-order valence-electron chi connectivity index (χ1n) is 5.27. The quantitative estimate of drug-likeness (QED) is 0.594. The predicted octanol–water partition coefficient (Wildman–Crippen LogP) is 0.917. The Balaban J connectivity index is 2.28. The van der Waals surface area contributed by atoms with E-state index < -0.39 is 4.92 Å². The molecular formula is C10H14N4O2. The van der Waals surface area contributed by atoms with Crippen LogP contribution in [0.15, 0.2) is 18.5 Å². The summed E-state index contributed by atoms with van der Waals surface area (Å²) in [6, 6.07) is 1.78. The van der Waals surface area contributed by atoms with Crippen molar-refractivity contribution in [1.29, 1.82) is 0 Å². The first-order chi connectivity index (χ1) is 7.68. The highest BCUT2D eigenvalue weighted by molar-refractivity contribution is 5.61. The molecule has 1 unspecified atom stereocenters. The zero-order chi connectivity index (χ0) is 11.5. The van der Waals surface area contributed by atoms with Gasteiger partial charge in [-0.05, 0) is 18.9 Å². The monoisotopic (exact) mass is 222 g/mol. The fourth-order valence-electron chi connectivity index (χ4n) is 2.02. The Morgan fingerprint density at radius 1 is 1.62 bits per heavy atom. The number of hydrogen-bond acceptors (Lipinski definition) is 5. The van der Waals surface area contributed by atoms with Crippen LogP contribution in [0.3, 0.4) is 0 Å². The van der Waals surface area contributed by atoms with Gasteiger partial charge in [0, 0.05) is 25.3 Å². The third kappa shape index (κ3) is 2.11. The van der Waals surface area contributed by atoms with Crippen molar-refractivity contribution >= 4 is 11.4 Å². The van der Waals surface area contributed by atoms with Crippen LogP contribution in [0.5, 0.6) is 0 Å². The summed E-state index contributed by atoms with van der Waals surface area (Å²) < 4.78 is 0. The van der Waals surface area contributed by atoms with Crippen molar-refractivity contribution in [3.8, 4) is 0 Å². The summed E-state index contributed by atoms with van der Waals surface area (Å²) >= 11 is 0. The number of rotatable bonds is 2. The number of hydrogen-bond donors (Lipinski definition) is 1. The smallest absolute Gasteiger partial charge is 0.310 e. The molecule has 2 heterocycles. The Kier molecular flexibility index (Phi) is 3.00. The van der Waals surface area contributed by atoms with Gasteiger partial charge in [0.2, 0.25) is 0 Å². The molecule has 0 radical (unpaired) electrons. The Labute approximate surface area is 93.2 Å². The van der Waals surface area contributed by atoms with Crippen LogP contribution in [0.4, 0.5) is 11.4 Å². The van der Waals surface area contributed by atoms with Crippen LogP contribution in [0.1, 0.15) is 12.8 Å². The molecule has 0 aromatic carbocycles. The molecule has 0 saturated carbocycles. The number of pyridine rings is 1. The molecule has 0 spiro atoms. The van der Waals surface area contributed by atoms with Crippen molar-refractivity contribution in [3.63, 3.8) is 0 Å². The third-order valence-electron chi connectivity index (χ3n) is 2.77. The van der Waals surface area contributed by atoms with E-state index in [1.165, 1.54) is 6.20 Å². The average molecular weight is 222 g/mol. The number of anilines is 1. The van der Waals surface area contributed by atoms with Gasteiger partial charge in [-0.1, -0.05) is 0 Å². The Morgan fingerprint density at radius 3 is 3.12 bits per heavy atom. The number of nitro groups is 1. The van der Waals surface area contributed by atoms with Crippen LogP contribution < -0.4 is 10.6 Å². The lowest BCUT2D eigenvalue weighted by Crippen LogP contribution is -2.43. The van der Waals surface area contributed by atoms with Gasteiger partial charge in [-0.3, -0.25) is 15.1 Å². The van der Waals surface area contributed by atoms with Crippen molar-refractivity contribution in [2.45, 2.75) is 18.9 Å². The van der Waals surface area contributed by atoms with Crippen LogP contribution in [-0.4, -0.2) is 29.0 Å². The standard InChI is InChI=1S/C10H14N4O2/c11-8-2-1-5-13(7-8)9-3-4-12-6-10(9)14(15)16/h3-4,6,8H,1-2,5,7,11H2. The molecule has 1 saturated heterocycles. The molecule has 0 amide bonds. The van der Waals surface area contributed by atoms with Gasteiger partial charge in [0.05, 0.1) is 4.92 Å². The van der Waals surface area contributed by atoms with Crippen LogP contribution in [0.2, 0.25) is 0 Å². The highest BCUT2D eigenvalue weighted by Gasteiger charge is 2.23. The maximum Gasteiger partial charge on any atom is 0.310 e. The van der Waals surface area contributed by atoms with E-state index in [0.717, 1.165) is 19.4 Å². The van der Waals surface area contributed by atoms with Gasteiger partial charge in [0.25, 0.3) is 0 Å². The van der Waals surface area contributed by atoms with Gasteiger partial charge in [0.15, 0.2) is 0 Å². The van der Waals surface area contributed by atoms with Crippen molar-refractivity contribution in [2.24, 2.45) is 5.73 Å². The molecule has 2 N–H and O–H groups in total. The molecule has 0 bridgehead atoms. The molecule has 1 aliphatic heterocycles. The van der Waals surface area contributed by atoms with E-state index in [0.29, 0.717) is 12.2 Å². The largest absolute Gasteiger partial charge is 0.364 e. The zero-order valence-corrected chi connectivity index (χ0v) is 8.87. The van der Waals surface area contributed by atoms with E-state index >= 15 is 0 Å². The third-order valence-corrected chi connectivity index (χ3v) is 2.77. The van der Waals surface area contributed by atoms with Crippen LogP contribution in [-0.2, 0) is 0 Å². The highest BCUT2D eigenvalue weighted by atomic mass is 16.6. The number of nitrogens with zero attached hydrogens (tertiary/aromatic N) is 3. The number of aromatic nitrogens is 1. The summed E-state index contributed by atoms with van der Waals surface area (Å²) in [6.07, 6.45) is 4.81. The molecule has 1 fully saturated rings. The van der Waals surface area contributed by atoms with Gasteiger partial charge < -0.3 is 10.6 Å². The van der Waals surface area contributed by atoms with Crippen LogP contribution >= 0.6 is 0 Å². The van der Waals surface area contributed by atoms with Gasteiger partial charge in [-0.15, -0.1) is 0 Å². The minimum Gasteiger partial charge on any atom is -0.364 e. The SMILES string of the molecule is NC1CCCN(c2ccncc2[N+](=O)[O-])C1. The number of nitrogens with two attached hydrogens (primary N) is 1. The lowest BCUT2D eigenvalue weighted by molar-refractivity contribution is -0.384. The minimum atomic E-state index is -0.400. The van der Waals surface area contributed by atoms with Crippen LogP contribution in [0.25, 0.3) is 0 Å². The fraction of sp³-hybridized carbons (Fsp3) is 0.500. The summed E-state index contributed by atoms with van der Waals surface area (Å²) in [5.74, 6) is 0. The Bertz CT molecular complexity index is 396. The van der Waals surface area contributed by atoms with Gasteiger partial charge in [0.1, 0.15) is 11.9 Å². The summed E-state index contributed by atoms with van der Waals surface area (Å²) in [6.45, 7) is 1.49. The van der Waals surface area contributed by atoms with Crippen molar-refractivity contribution in [2.75, 3.05) is 18.0 Å². The lowest BCUT2D eigenvalue weighted by Gasteiger charge is -2.31. The molecule has 0 aliphatic carbocycles. The summed E-state index contributed by atoms with van der Waals surface area (Å²) in [4.78, 5) is 16.2. The average Bonchev–Trinajstić information content (AvgIpc) is 2.29. The first-order valence-corrected chi connectivity index (χ1v) is 5.27. The fourth-order valence-corrected chi connectivity index (χ4v) is 2.02. The summed E-state index contributed by atoms with van der Waals surface area (Å²) in [5.41, 5.74) is 6.53. The first kappa shape index (κ1) is 10.8. The van der Waals surface area contributed by atoms with Gasteiger partial charge in [-0.2, -0.15) is 0 Å². The zero-order valence-electron chi connectivity index (χ0n) is 8.87. The second-order valence-electron chi connectivity index (χ2n) is 3.97. The van der Waals surface area contributed by atoms with E-state index in [4.69, 9.17) is 5.73 Å². The van der Waals surface area contributed by atoms with E-state index in [2.05, 4.69) is 4.98 Å². The molecule has 1 aliphatic rings. The van der Waals surface area contributed by atoms with E-state index in [9.17, 15) is 10.1 Å². The maximum atomic E-state index is 10.9. The molecule has 6 nitrogen and oxygen atoms in total. The molecule has 1 atom stereocenters. The predicted molar refractivity (Wildman–Crippen MR) is 60.3 cm³/mol. The molecule has 86 valence electrons. The van der Waals surface area contributed by atoms with E-state index in [1.54, 1.807) is 12.3 Å². The molecule has 1 aromatic rings. The van der Waals surface area contributed by atoms with Gasteiger partial charge in [-0.25, -0.2) is 0 Å². The molecule has 6 heteroatoms. The van der Waals surface area contributed by atoms with E-state index in [-0.39, 0.29) is 11.7 Å². The van der Waals surface area contributed by atoms with Gasteiger partial charge >= 0.3 is 5.69 Å². The molecule has 2 rings (SSSR count). The lowest BCUT2D eigenvalue weighted by atomic mass is 10.1. The second-order valence-corrected chi connectivity index (χ2v) is 3.97.